The molecular weight excluding hydrogens is 229 g/mol. The second-order valence-corrected chi connectivity index (χ2v) is 5.44. The van der Waals surface area contributed by atoms with Crippen molar-refractivity contribution in [3.05, 3.63) is 35.6 Å². The van der Waals surface area contributed by atoms with Crippen molar-refractivity contribution < 1.29 is 9.50 Å². The Morgan fingerprint density at radius 3 is 2.78 bits per heavy atom. The fraction of sp³-hybridized carbons (Fsp3) is 0.600. The quantitative estimate of drug-likeness (QED) is 0.870. The molecule has 2 unspecified atom stereocenters. The van der Waals surface area contributed by atoms with Crippen molar-refractivity contribution >= 4 is 0 Å². The predicted molar refractivity (Wildman–Crippen MR) is 70.7 cm³/mol. The number of likely N-dealkylation sites (tertiary alicyclic amines) is 1. The van der Waals surface area contributed by atoms with E-state index < -0.39 is 0 Å². The van der Waals surface area contributed by atoms with Crippen molar-refractivity contribution in [1.82, 2.24) is 4.90 Å². The number of rotatable bonds is 5. The molecule has 2 atom stereocenters. The fourth-order valence-electron chi connectivity index (χ4n) is 2.62. The molecule has 0 aliphatic carbocycles. The zero-order valence-electron chi connectivity index (χ0n) is 11.0. The number of halogens is 1. The summed E-state index contributed by atoms with van der Waals surface area (Å²) in [5.74, 6) is 0.537. The van der Waals surface area contributed by atoms with E-state index in [1.807, 2.05) is 19.1 Å². The Bertz CT molecular complexity index is 363. The minimum absolute atomic E-state index is 0.171. The van der Waals surface area contributed by atoms with E-state index in [1.165, 1.54) is 24.1 Å². The van der Waals surface area contributed by atoms with Crippen LogP contribution in [0.25, 0.3) is 0 Å². The van der Waals surface area contributed by atoms with Crippen LogP contribution in [0.15, 0.2) is 24.3 Å². The summed E-state index contributed by atoms with van der Waals surface area (Å²) in [7, 11) is 0. The molecule has 100 valence electrons. The molecule has 1 heterocycles. The Balaban J connectivity index is 1.77. The molecule has 0 spiro atoms. The highest BCUT2D eigenvalue weighted by atomic mass is 19.1. The zero-order valence-corrected chi connectivity index (χ0v) is 11.0. The van der Waals surface area contributed by atoms with Crippen molar-refractivity contribution in [3.8, 4) is 0 Å². The van der Waals surface area contributed by atoms with Crippen LogP contribution in [0.5, 0.6) is 0 Å². The summed E-state index contributed by atoms with van der Waals surface area (Å²) in [6.45, 7) is 4.97. The Morgan fingerprint density at radius 1 is 1.39 bits per heavy atom. The van der Waals surface area contributed by atoms with Crippen LogP contribution in [0, 0.1) is 11.7 Å². The van der Waals surface area contributed by atoms with Crippen molar-refractivity contribution in [2.75, 3.05) is 13.1 Å². The lowest BCUT2D eigenvalue weighted by atomic mass is 10.0. The molecule has 1 aromatic rings. The summed E-state index contributed by atoms with van der Waals surface area (Å²) in [6.07, 6.45) is 3.04. The Morgan fingerprint density at radius 2 is 2.11 bits per heavy atom. The maximum Gasteiger partial charge on any atom is 0.123 e. The summed E-state index contributed by atoms with van der Waals surface area (Å²) in [4.78, 5) is 2.42. The average Bonchev–Trinajstić information content (AvgIpc) is 2.77. The summed E-state index contributed by atoms with van der Waals surface area (Å²) in [5.41, 5.74) is 1.17. The highest BCUT2D eigenvalue weighted by Gasteiger charge is 2.22. The molecule has 0 amide bonds. The molecule has 3 heteroatoms. The molecule has 1 aromatic carbocycles. The summed E-state index contributed by atoms with van der Waals surface area (Å²) >= 11 is 0. The number of hydrogen-bond acceptors (Lipinski definition) is 2. The molecular formula is C15H22FNO. The van der Waals surface area contributed by atoms with E-state index in [-0.39, 0.29) is 11.9 Å². The van der Waals surface area contributed by atoms with E-state index in [0.717, 1.165) is 32.5 Å². The summed E-state index contributed by atoms with van der Waals surface area (Å²) in [6, 6.07) is 6.77. The normalized spacial score (nSPS) is 22.3. The van der Waals surface area contributed by atoms with Crippen molar-refractivity contribution in [2.45, 2.75) is 38.8 Å². The first-order chi connectivity index (χ1) is 8.63. The molecule has 1 aliphatic heterocycles. The molecule has 1 saturated heterocycles. The third-order valence-corrected chi connectivity index (χ3v) is 3.68. The van der Waals surface area contributed by atoms with Gasteiger partial charge in [-0.05, 0) is 56.3 Å². The van der Waals surface area contributed by atoms with Gasteiger partial charge in [0.25, 0.3) is 0 Å². The van der Waals surface area contributed by atoms with Gasteiger partial charge in [-0.1, -0.05) is 12.1 Å². The van der Waals surface area contributed by atoms with Gasteiger partial charge in [0.15, 0.2) is 0 Å². The van der Waals surface area contributed by atoms with E-state index in [1.54, 1.807) is 0 Å². The van der Waals surface area contributed by atoms with Gasteiger partial charge in [-0.25, -0.2) is 4.39 Å². The molecule has 0 saturated carbocycles. The van der Waals surface area contributed by atoms with Crippen LogP contribution >= 0.6 is 0 Å². The molecule has 2 rings (SSSR count). The first-order valence-corrected chi connectivity index (χ1v) is 6.78. The third-order valence-electron chi connectivity index (χ3n) is 3.68. The van der Waals surface area contributed by atoms with Gasteiger partial charge in [-0.15, -0.1) is 0 Å². The Kier molecular flexibility index (Phi) is 4.72. The lowest BCUT2D eigenvalue weighted by Crippen LogP contribution is -2.20. The monoisotopic (exact) mass is 251 g/mol. The van der Waals surface area contributed by atoms with Crippen molar-refractivity contribution in [2.24, 2.45) is 5.92 Å². The van der Waals surface area contributed by atoms with Gasteiger partial charge in [0.1, 0.15) is 5.82 Å². The van der Waals surface area contributed by atoms with E-state index in [9.17, 15) is 9.50 Å². The van der Waals surface area contributed by atoms with Crippen LogP contribution < -0.4 is 0 Å². The van der Waals surface area contributed by atoms with E-state index >= 15 is 0 Å². The van der Waals surface area contributed by atoms with Crippen LogP contribution in [0.1, 0.15) is 31.7 Å². The van der Waals surface area contributed by atoms with Crippen LogP contribution in [-0.4, -0.2) is 29.2 Å². The van der Waals surface area contributed by atoms with Crippen molar-refractivity contribution in [3.63, 3.8) is 0 Å². The molecule has 1 aliphatic rings. The standard InChI is InChI=1S/C15H22FNO/c1-12(18)2-3-14-8-9-17(11-14)10-13-4-6-15(16)7-5-13/h4-7,12,14,18H,2-3,8-11H2,1H3. The van der Waals surface area contributed by atoms with E-state index in [4.69, 9.17) is 0 Å². The highest BCUT2D eigenvalue weighted by Crippen LogP contribution is 2.23. The van der Waals surface area contributed by atoms with E-state index in [2.05, 4.69) is 4.90 Å². The zero-order chi connectivity index (χ0) is 13.0. The molecule has 0 aromatic heterocycles. The third kappa shape index (κ3) is 4.07. The van der Waals surface area contributed by atoms with Crippen LogP contribution in [-0.2, 0) is 6.54 Å². The van der Waals surface area contributed by atoms with Crippen LogP contribution in [0.3, 0.4) is 0 Å². The Labute approximate surface area is 108 Å². The van der Waals surface area contributed by atoms with Gasteiger partial charge >= 0.3 is 0 Å². The lowest BCUT2D eigenvalue weighted by Gasteiger charge is -2.16. The first kappa shape index (κ1) is 13.5. The van der Waals surface area contributed by atoms with Crippen LogP contribution in [0.4, 0.5) is 4.39 Å². The maximum absolute atomic E-state index is 12.8. The molecule has 0 radical (unpaired) electrons. The number of nitrogens with zero attached hydrogens (tertiary/aromatic N) is 1. The van der Waals surface area contributed by atoms with E-state index in [0.29, 0.717) is 5.92 Å². The smallest absolute Gasteiger partial charge is 0.123 e. The maximum atomic E-state index is 12.8. The summed E-state index contributed by atoms with van der Waals surface area (Å²) in [5, 5.41) is 9.29. The van der Waals surface area contributed by atoms with Gasteiger partial charge in [0.05, 0.1) is 6.10 Å². The first-order valence-electron chi connectivity index (χ1n) is 6.78. The van der Waals surface area contributed by atoms with Crippen molar-refractivity contribution in [1.29, 1.82) is 0 Å². The average molecular weight is 251 g/mol. The van der Waals surface area contributed by atoms with Crippen LogP contribution in [0.2, 0.25) is 0 Å². The van der Waals surface area contributed by atoms with Gasteiger partial charge in [-0.3, -0.25) is 4.90 Å². The van der Waals surface area contributed by atoms with Gasteiger partial charge in [0.2, 0.25) is 0 Å². The largest absolute Gasteiger partial charge is 0.393 e. The number of aliphatic hydroxyl groups is 1. The minimum atomic E-state index is -0.184. The lowest BCUT2D eigenvalue weighted by molar-refractivity contribution is 0.173. The van der Waals surface area contributed by atoms with Gasteiger partial charge < -0.3 is 5.11 Å². The number of aliphatic hydroxyl groups excluding tert-OH is 1. The molecule has 1 fully saturated rings. The minimum Gasteiger partial charge on any atom is -0.393 e. The van der Waals surface area contributed by atoms with Gasteiger partial charge in [0, 0.05) is 13.1 Å². The number of benzene rings is 1. The second-order valence-electron chi connectivity index (χ2n) is 5.44. The molecule has 0 bridgehead atoms. The Hall–Kier alpha value is -0.930. The summed E-state index contributed by atoms with van der Waals surface area (Å²) < 4.78 is 12.8. The fourth-order valence-corrected chi connectivity index (χ4v) is 2.62. The molecule has 2 nitrogen and oxygen atoms in total. The predicted octanol–water partition coefficient (Wildman–Crippen LogP) is 2.81. The molecule has 1 N–H and O–H groups in total. The SMILES string of the molecule is CC(O)CCC1CCN(Cc2ccc(F)cc2)C1. The second kappa shape index (κ2) is 6.30. The number of hydrogen-bond donors (Lipinski definition) is 1. The topological polar surface area (TPSA) is 23.5 Å². The highest BCUT2D eigenvalue weighted by molar-refractivity contribution is 5.16. The van der Waals surface area contributed by atoms with Gasteiger partial charge in [-0.2, -0.15) is 0 Å². The molecule has 18 heavy (non-hydrogen) atoms.